The minimum atomic E-state index is -0.955. The van der Waals surface area contributed by atoms with Crippen molar-refractivity contribution < 1.29 is 13.6 Å². The van der Waals surface area contributed by atoms with Crippen LogP contribution in [-0.4, -0.2) is 32.8 Å². The summed E-state index contributed by atoms with van der Waals surface area (Å²) in [4.78, 5) is 13.6. The molecule has 0 saturated carbocycles. The molecule has 0 atom stereocenters. The van der Waals surface area contributed by atoms with E-state index in [0.29, 0.717) is 18.7 Å². The Morgan fingerprint density at radius 1 is 1.11 bits per heavy atom. The smallest absolute Gasteiger partial charge is 0.316 e. The van der Waals surface area contributed by atoms with E-state index in [-0.39, 0.29) is 16.8 Å². The number of benzene rings is 2. The highest BCUT2D eigenvalue weighted by molar-refractivity contribution is 5.88. The van der Waals surface area contributed by atoms with Crippen LogP contribution in [0, 0.1) is 11.6 Å². The van der Waals surface area contributed by atoms with E-state index >= 15 is 8.78 Å². The molecule has 0 radical (unpaired) electrons. The Morgan fingerprint density at radius 3 is 2.34 bits per heavy atom. The Labute approximate surface area is 205 Å². The van der Waals surface area contributed by atoms with E-state index in [4.69, 9.17) is 10.8 Å². The van der Waals surface area contributed by atoms with E-state index in [0.717, 1.165) is 59.6 Å². The number of para-hydroxylation sites is 1. The van der Waals surface area contributed by atoms with Crippen LogP contribution in [0.25, 0.3) is 16.9 Å². The average Bonchev–Trinajstić information content (AvgIpc) is 3.15. The van der Waals surface area contributed by atoms with Crippen molar-refractivity contribution in [3.63, 3.8) is 0 Å². The molecule has 3 N–H and O–H groups in total. The summed E-state index contributed by atoms with van der Waals surface area (Å²) >= 11 is 0. The van der Waals surface area contributed by atoms with Gasteiger partial charge in [-0.25, -0.2) is 18.3 Å². The molecule has 0 unspecified atom stereocenters. The third-order valence-corrected chi connectivity index (χ3v) is 7.00. The quantitative estimate of drug-likeness (QED) is 0.482. The molecule has 2 amide bonds. The van der Waals surface area contributed by atoms with Gasteiger partial charge in [-0.2, -0.15) is 5.10 Å². The minimum absolute atomic E-state index is 0.106. The van der Waals surface area contributed by atoms with Crippen molar-refractivity contribution in [3.05, 3.63) is 64.4 Å². The van der Waals surface area contributed by atoms with E-state index in [2.05, 4.69) is 57.0 Å². The third-order valence-electron chi connectivity index (χ3n) is 7.00. The molecule has 1 aliphatic rings. The van der Waals surface area contributed by atoms with E-state index in [9.17, 15) is 4.79 Å². The highest BCUT2D eigenvalue weighted by atomic mass is 19.1. The SMILES string of the molecule is CCc1cccc(CC)c1-n1nc2c(c1-c1cc(F)c(NC(N)=O)cc1F)CN(CC)C(C)(C)C2. The van der Waals surface area contributed by atoms with E-state index in [1.165, 1.54) is 0 Å². The van der Waals surface area contributed by atoms with Crippen molar-refractivity contribution in [1.29, 1.82) is 0 Å². The van der Waals surface area contributed by atoms with Crippen LogP contribution in [-0.2, 0) is 25.8 Å². The minimum Gasteiger partial charge on any atom is -0.351 e. The fourth-order valence-corrected chi connectivity index (χ4v) is 5.15. The lowest BCUT2D eigenvalue weighted by atomic mass is 9.87. The summed E-state index contributed by atoms with van der Waals surface area (Å²) in [5.74, 6) is -1.41. The first-order valence-electron chi connectivity index (χ1n) is 12.1. The predicted octanol–water partition coefficient (Wildman–Crippen LogP) is 5.59. The summed E-state index contributed by atoms with van der Waals surface area (Å²) < 4.78 is 32.4. The summed E-state index contributed by atoms with van der Waals surface area (Å²) in [5.41, 5.74) is 10.3. The topological polar surface area (TPSA) is 76.2 Å². The number of urea groups is 1. The number of nitrogens with zero attached hydrogens (tertiary/aromatic N) is 3. The number of aryl methyl sites for hydroxylation is 2. The molecule has 0 fully saturated rings. The molecular formula is C27H33F2N5O. The second-order valence-electron chi connectivity index (χ2n) is 9.62. The van der Waals surface area contributed by atoms with Crippen LogP contribution in [0.5, 0.6) is 0 Å². The zero-order valence-electron chi connectivity index (χ0n) is 21.0. The first-order valence-corrected chi connectivity index (χ1v) is 12.1. The van der Waals surface area contributed by atoms with Gasteiger partial charge in [0.1, 0.15) is 11.6 Å². The largest absolute Gasteiger partial charge is 0.351 e. The van der Waals surface area contributed by atoms with Crippen LogP contribution in [0.3, 0.4) is 0 Å². The number of rotatable bonds is 6. The monoisotopic (exact) mass is 481 g/mol. The van der Waals surface area contributed by atoms with Gasteiger partial charge in [0.2, 0.25) is 0 Å². The molecule has 8 heteroatoms. The number of carbonyl (C=O) groups excluding carboxylic acids is 1. The van der Waals surface area contributed by atoms with Crippen molar-refractivity contribution in [1.82, 2.24) is 14.7 Å². The summed E-state index contributed by atoms with van der Waals surface area (Å²) in [6, 6.07) is 7.29. The molecule has 35 heavy (non-hydrogen) atoms. The van der Waals surface area contributed by atoms with Gasteiger partial charge in [-0.3, -0.25) is 4.90 Å². The van der Waals surface area contributed by atoms with Crippen molar-refractivity contribution in [2.45, 2.75) is 66.0 Å². The van der Waals surface area contributed by atoms with Crippen LogP contribution >= 0.6 is 0 Å². The number of primary amides is 1. The highest BCUT2D eigenvalue weighted by Gasteiger charge is 2.37. The second-order valence-corrected chi connectivity index (χ2v) is 9.62. The number of nitrogens with two attached hydrogens (primary N) is 1. The molecule has 0 bridgehead atoms. The third kappa shape index (κ3) is 4.43. The van der Waals surface area contributed by atoms with Crippen LogP contribution in [0.4, 0.5) is 19.3 Å². The Hall–Kier alpha value is -3.26. The normalized spacial score (nSPS) is 15.2. The number of nitrogens with one attached hydrogen (secondary N) is 1. The van der Waals surface area contributed by atoms with Crippen LogP contribution in [0.2, 0.25) is 0 Å². The maximum absolute atomic E-state index is 15.6. The zero-order chi connectivity index (χ0) is 25.5. The zero-order valence-corrected chi connectivity index (χ0v) is 21.0. The average molecular weight is 482 g/mol. The van der Waals surface area contributed by atoms with Gasteiger partial charge in [0.15, 0.2) is 0 Å². The number of aromatic nitrogens is 2. The lowest BCUT2D eigenvalue weighted by Crippen LogP contribution is -2.48. The van der Waals surface area contributed by atoms with Crippen molar-refractivity contribution in [2.75, 3.05) is 11.9 Å². The number of amides is 2. The second kappa shape index (κ2) is 9.41. The molecular weight excluding hydrogens is 448 g/mol. The summed E-state index contributed by atoms with van der Waals surface area (Å²) in [7, 11) is 0. The van der Waals surface area contributed by atoms with Crippen LogP contribution in [0.15, 0.2) is 30.3 Å². The van der Waals surface area contributed by atoms with Gasteiger partial charge in [-0.15, -0.1) is 0 Å². The molecule has 186 valence electrons. The molecule has 6 nitrogen and oxygen atoms in total. The maximum atomic E-state index is 15.6. The molecule has 1 aromatic heterocycles. The van der Waals surface area contributed by atoms with Gasteiger partial charge in [0.25, 0.3) is 0 Å². The predicted molar refractivity (Wildman–Crippen MR) is 135 cm³/mol. The van der Waals surface area contributed by atoms with E-state index in [1.807, 2.05) is 10.7 Å². The van der Waals surface area contributed by atoms with Crippen molar-refractivity contribution in [3.8, 4) is 16.9 Å². The molecule has 0 aliphatic carbocycles. The molecule has 3 aromatic rings. The number of hydrogen-bond donors (Lipinski definition) is 2. The Balaban J connectivity index is 2.04. The van der Waals surface area contributed by atoms with Crippen LogP contribution < -0.4 is 11.1 Å². The van der Waals surface area contributed by atoms with E-state index in [1.54, 1.807) is 0 Å². The highest BCUT2D eigenvalue weighted by Crippen LogP contribution is 2.40. The molecule has 1 aliphatic heterocycles. The molecule has 0 spiro atoms. The van der Waals surface area contributed by atoms with Gasteiger partial charge in [-0.1, -0.05) is 39.0 Å². The Kier molecular flexibility index (Phi) is 6.68. The maximum Gasteiger partial charge on any atom is 0.316 e. The van der Waals surface area contributed by atoms with Gasteiger partial charge in [-0.05, 0) is 50.4 Å². The molecule has 4 rings (SSSR count). The number of halogens is 2. The number of hydrogen-bond acceptors (Lipinski definition) is 3. The lowest BCUT2D eigenvalue weighted by Gasteiger charge is -2.41. The summed E-state index contributed by atoms with van der Waals surface area (Å²) in [5, 5.41) is 7.18. The van der Waals surface area contributed by atoms with Gasteiger partial charge < -0.3 is 11.1 Å². The Bertz CT molecular complexity index is 1260. The van der Waals surface area contributed by atoms with Crippen LogP contribution in [0.1, 0.15) is 57.0 Å². The lowest BCUT2D eigenvalue weighted by molar-refractivity contribution is 0.104. The molecule has 0 saturated heterocycles. The number of anilines is 1. The van der Waals surface area contributed by atoms with Gasteiger partial charge in [0.05, 0.1) is 22.8 Å². The van der Waals surface area contributed by atoms with Crippen molar-refractivity contribution >= 4 is 11.7 Å². The first kappa shape index (κ1) is 24.9. The summed E-state index contributed by atoms with van der Waals surface area (Å²) in [6.45, 7) is 12.0. The standard InChI is InChI=1S/C27H33F2N5O/c1-6-16-10-9-11-17(7-2)24(16)34-25(18-12-21(29)22(13-20(18)28)31-26(30)35)19-15-33(8-3)27(4,5)14-23(19)32-34/h9-13H,6-8,14-15H2,1-5H3,(H3,30,31,35). The number of carbonyl (C=O) groups is 1. The summed E-state index contributed by atoms with van der Waals surface area (Å²) in [6.07, 6.45) is 2.24. The van der Waals surface area contributed by atoms with E-state index < -0.39 is 17.7 Å². The Morgan fingerprint density at radius 2 is 1.77 bits per heavy atom. The first-order chi connectivity index (χ1) is 16.6. The van der Waals surface area contributed by atoms with Gasteiger partial charge >= 0.3 is 6.03 Å². The fourth-order valence-electron chi connectivity index (χ4n) is 5.15. The fraction of sp³-hybridized carbons (Fsp3) is 0.407. The van der Waals surface area contributed by atoms with Crippen molar-refractivity contribution in [2.24, 2.45) is 5.73 Å². The number of likely N-dealkylation sites (N-methyl/N-ethyl adjacent to an activating group) is 1. The molecule has 2 heterocycles. The molecule has 2 aromatic carbocycles. The van der Waals surface area contributed by atoms with Gasteiger partial charge in [0, 0.05) is 35.7 Å². The number of fused-ring (bicyclic) bond motifs is 1.